The number of rotatable bonds is 3. The largest absolute Gasteiger partial charge is 0.444 e. The highest BCUT2D eigenvalue weighted by Crippen LogP contribution is 2.32. The van der Waals surface area contributed by atoms with Crippen molar-refractivity contribution in [3.05, 3.63) is 35.1 Å². The van der Waals surface area contributed by atoms with Crippen molar-refractivity contribution in [3.63, 3.8) is 0 Å². The van der Waals surface area contributed by atoms with Gasteiger partial charge in [0.05, 0.1) is 5.56 Å². The zero-order chi connectivity index (χ0) is 18.8. The zero-order valence-electron chi connectivity index (χ0n) is 14.4. The lowest BCUT2D eigenvalue weighted by Gasteiger charge is -2.24. The van der Waals surface area contributed by atoms with Gasteiger partial charge in [-0.1, -0.05) is 0 Å². The Morgan fingerprint density at radius 1 is 1.32 bits per heavy atom. The number of nitrogens with one attached hydrogen (secondary N) is 1. The lowest BCUT2D eigenvalue weighted by atomic mass is 10.1. The van der Waals surface area contributed by atoms with Crippen LogP contribution in [0.3, 0.4) is 0 Å². The minimum atomic E-state index is -4.54. The van der Waals surface area contributed by atoms with Gasteiger partial charge in [-0.15, -0.1) is 0 Å². The van der Waals surface area contributed by atoms with Crippen LogP contribution in [0.5, 0.6) is 0 Å². The Morgan fingerprint density at radius 2 is 2.00 bits per heavy atom. The van der Waals surface area contributed by atoms with E-state index in [2.05, 4.69) is 5.32 Å². The molecule has 0 aliphatic carbocycles. The monoisotopic (exact) mass is 362 g/mol. The first-order valence-electron chi connectivity index (χ1n) is 8.02. The quantitative estimate of drug-likeness (QED) is 0.828. The Hall–Kier alpha value is -1.83. The molecule has 0 spiro atoms. The van der Waals surface area contributed by atoms with E-state index in [1.54, 1.807) is 20.8 Å². The highest BCUT2D eigenvalue weighted by Gasteiger charge is 2.34. The van der Waals surface area contributed by atoms with Crippen molar-refractivity contribution in [2.45, 2.75) is 51.6 Å². The lowest BCUT2D eigenvalue weighted by molar-refractivity contribution is -0.138. The van der Waals surface area contributed by atoms with Crippen LogP contribution in [0, 0.1) is 5.82 Å². The standard InChI is InChI=1S/C17H22F4N2O2/c1-16(2,3)25-15(24)23-7-6-13(10-23)22-9-11-8-12(18)4-5-14(11)17(19,20)21/h4-5,8,13,22H,6-7,9-10H2,1-3H3/t13-/m0/s1. The molecule has 8 heteroatoms. The van der Waals surface area contributed by atoms with Crippen molar-refractivity contribution in [3.8, 4) is 0 Å². The highest BCUT2D eigenvalue weighted by molar-refractivity contribution is 5.68. The number of amides is 1. The molecule has 2 rings (SSSR count). The van der Waals surface area contributed by atoms with Gasteiger partial charge < -0.3 is 15.0 Å². The van der Waals surface area contributed by atoms with E-state index >= 15 is 0 Å². The van der Waals surface area contributed by atoms with Crippen LogP contribution in [-0.2, 0) is 17.5 Å². The van der Waals surface area contributed by atoms with Crippen LogP contribution < -0.4 is 5.32 Å². The molecule has 1 fully saturated rings. The van der Waals surface area contributed by atoms with E-state index in [0.29, 0.717) is 19.5 Å². The number of halogens is 4. The van der Waals surface area contributed by atoms with Crippen molar-refractivity contribution in [2.24, 2.45) is 0 Å². The molecule has 1 atom stereocenters. The topological polar surface area (TPSA) is 41.6 Å². The summed E-state index contributed by atoms with van der Waals surface area (Å²) in [5.74, 6) is -0.716. The minimum absolute atomic E-state index is 0.126. The van der Waals surface area contributed by atoms with Gasteiger partial charge in [0, 0.05) is 25.7 Å². The van der Waals surface area contributed by atoms with E-state index in [0.717, 1.165) is 18.2 Å². The summed E-state index contributed by atoms with van der Waals surface area (Å²) in [6, 6.07) is 2.26. The first-order chi connectivity index (χ1) is 11.5. The lowest BCUT2D eigenvalue weighted by Crippen LogP contribution is -2.38. The Kier molecular flexibility index (Phi) is 5.61. The fourth-order valence-corrected chi connectivity index (χ4v) is 2.66. The van der Waals surface area contributed by atoms with Gasteiger partial charge in [0.25, 0.3) is 0 Å². The SMILES string of the molecule is CC(C)(C)OC(=O)N1CC[C@H](NCc2cc(F)ccc2C(F)(F)F)C1. The van der Waals surface area contributed by atoms with Gasteiger partial charge in [-0.25, -0.2) is 9.18 Å². The molecule has 0 unspecified atom stereocenters. The molecule has 1 aromatic carbocycles. The van der Waals surface area contributed by atoms with Gasteiger partial charge >= 0.3 is 12.3 Å². The van der Waals surface area contributed by atoms with E-state index in [4.69, 9.17) is 4.74 Å². The summed E-state index contributed by atoms with van der Waals surface area (Å²) in [7, 11) is 0. The Labute approximate surface area is 144 Å². The van der Waals surface area contributed by atoms with Gasteiger partial charge in [-0.05, 0) is 51.0 Å². The molecule has 0 radical (unpaired) electrons. The first kappa shape index (κ1) is 19.5. The molecule has 1 heterocycles. The van der Waals surface area contributed by atoms with Gasteiger partial charge in [0.2, 0.25) is 0 Å². The number of carbonyl (C=O) groups excluding carboxylic acids is 1. The molecule has 25 heavy (non-hydrogen) atoms. The number of hydrogen-bond donors (Lipinski definition) is 1. The van der Waals surface area contributed by atoms with Crippen molar-refractivity contribution < 1.29 is 27.1 Å². The van der Waals surface area contributed by atoms with Crippen LogP contribution in [0.4, 0.5) is 22.4 Å². The Balaban J connectivity index is 1.95. The van der Waals surface area contributed by atoms with Gasteiger partial charge in [-0.3, -0.25) is 0 Å². The van der Waals surface area contributed by atoms with Crippen LogP contribution in [0.15, 0.2) is 18.2 Å². The zero-order valence-corrected chi connectivity index (χ0v) is 14.4. The summed E-state index contributed by atoms with van der Waals surface area (Å²) in [4.78, 5) is 13.5. The molecular weight excluding hydrogens is 340 g/mol. The van der Waals surface area contributed by atoms with Crippen LogP contribution in [0.2, 0.25) is 0 Å². The van der Waals surface area contributed by atoms with Crippen molar-refractivity contribution in [2.75, 3.05) is 13.1 Å². The molecule has 1 aliphatic rings. The summed E-state index contributed by atoms with van der Waals surface area (Å²) < 4.78 is 57.5. The van der Waals surface area contributed by atoms with Crippen molar-refractivity contribution in [1.29, 1.82) is 0 Å². The molecule has 1 aromatic rings. The minimum Gasteiger partial charge on any atom is -0.444 e. The second kappa shape index (κ2) is 7.19. The van der Waals surface area contributed by atoms with Crippen molar-refractivity contribution >= 4 is 6.09 Å². The van der Waals surface area contributed by atoms with Crippen LogP contribution in [-0.4, -0.2) is 35.7 Å². The van der Waals surface area contributed by atoms with Crippen LogP contribution in [0.25, 0.3) is 0 Å². The fraction of sp³-hybridized carbons (Fsp3) is 0.588. The molecule has 0 saturated carbocycles. The molecule has 0 aromatic heterocycles. The van der Waals surface area contributed by atoms with E-state index in [9.17, 15) is 22.4 Å². The molecule has 1 saturated heterocycles. The normalized spacial score (nSPS) is 18.5. The maximum atomic E-state index is 13.3. The summed E-state index contributed by atoms with van der Waals surface area (Å²) in [5, 5.41) is 2.97. The van der Waals surface area contributed by atoms with E-state index in [-0.39, 0.29) is 18.2 Å². The van der Waals surface area contributed by atoms with Gasteiger partial charge in [-0.2, -0.15) is 13.2 Å². The number of alkyl halides is 3. The van der Waals surface area contributed by atoms with E-state index < -0.39 is 29.3 Å². The van der Waals surface area contributed by atoms with Crippen molar-refractivity contribution in [1.82, 2.24) is 10.2 Å². The van der Waals surface area contributed by atoms with Crippen LogP contribution >= 0.6 is 0 Å². The predicted octanol–water partition coefficient (Wildman–Crippen LogP) is 3.94. The Morgan fingerprint density at radius 3 is 2.60 bits per heavy atom. The van der Waals surface area contributed by atoms with Crippen LogP contribution in [0.1, 0.15) is 38.3 Å². The maximum absolute atomic E-state index is 13.3. The second-order valence-corrected chi connectivity index (χ2v) is 7.09. The molecule has 1 amide bonds. The maximum Gasteiger partial charge on any atom is 0.416 e. The number of carbonyl (C=O) groups is 1. The smallest absolute Gasteiger partial charge is 0.416 e. The molecule has 0 bridgehead atoms. The molecule has 1 N–H and O–H groups in total. The molecule has 4 nitrogen and oxygen atoms in total. The molecular formula is C17H22F4N2O2. The molecule has 1 aliphatic heterocycles. The number of ether oxygens (including phenoxy) is 1. The number of likely N-dealkylation sites (tertiary alicyclic amines) is 1. The average Bonchev–Trinajstić information content (AvgIpc) is 2.91. The third kappa shape index (κ3) is 5.59. The summed E-state index contributed by atoms with van der Waals surface area (Å²) >= 11 is 0. The fourth-order valence-electron chi connectivity index (χ4n) is 2.66. The summed E-state index contributed by atoms with van der Waals surface area (Å²) in [6.45, 7) is 5.96. The number of benzene rings is 1. The predicted molar refractivity (Wildman–Crippen MR) is 84.5 cm³/mol. The second-order valence-electron chi connectivity index (χ2n) is 7.09. The highest BCUT2D eigenvalue weighted by atomic mass is 19.4. The van der Waals surface area contributed by atoms with E-state index in [1.165, 1.54) is 4.90 Å². The van der Waals surface area contributed by atoms with Gasteiger partial charge in [0.15, 0.2) is 0 Å². The average molecular weight is 362 g/mol. The number of hydrogen-bond acceptors (Lipinski definition) is 3. The summed E-state index contributed by atoms with van der Waals surface area (Å²) in [5.41, 5.74) is -1.61. The van der Waals surface area contributed by atoms with E-state index in [1.807, 2.05) is 0 Å². The van der Waals surface area contributed by atoms with Gasteiger partial charge in [0.1, 0.15) is 11.4 Å². The third-order valence-electron chi connectivity index (χ3n) is 3.79. The summed E-state index contributed by atoms with van der Waals surface area (Å²) in [6.07, 6.45) is -4.39. The number of nitrogens with zero attached hydrogens (tertiary/aromatic N) is 1. The Bertz CT molecular complexity index is 626. The molecule has 140 valence electrons. The third-order valence-corrected chi connectivity index (χ3v) is 3.79. The first-order valence-corrected chi connectivity index (χ1v) is 8.02.